The molecule has 0 bridgehead atoms. The van der Waals surface area contributed by atoms with E-state index in [0.29, 0.717) is 16.5 Å². The third-order valence-corrected chi connectivity index (χ3v) is 4.28. The number of carbonyl (C=O) groups excluding carboxylic acids is 1. The Bertz CT molecular complexity index is 1220. The van der Waals surface area contributed by atoms with Crippen LogP contribution >= 0.6 is 11.6 Å². The monoisotopic (exact) mass is 377 g/mol. The van der Waals surface area contributed by atoms with E-state index in [1.165, 1.54) is 0 Å². The van der Waals surface area contributed by atoms with E-state index in [1.807, 2.05) is 0 Å². The molecule has 3 aromatic carbocycles. The van der Waals surface area contributed by atoms with Crippen molar-refractivity contribution < 1.29 is 13.9 Å². The molecule has 132 valence electrons. The van der Waals surface area contributed by atoms with Gasteiger partial charge in [0, 0.05) is 0 Å². The average Bonchev–Trinajstić information content (AvgIpc) is 2.68. The highest BCUT2D eigenvalue weighted by molar-refractivity contribution is 6.33. The van der Waals surface area contributed by atoms with Gasteiger partial charge in [-0.1, -0.05) is 48.0 Å². The normalized spacial score (nSPS) is 10.7. The van der Waals surface area contributed by atoms with Gasteiger partial charge in [-0.2, -0.15) is 0 Å². The van der Waals surface area contributed by atoms with E-state index in [1.54, 1.807) is 72.8 Å². The van der Waals surface area contributed by atoms with Gasteiger partial charge < -0.3 is 9.15 Å². The lowest BCUT2D eigenvalue weighted by Crippen LogP contribution is -2.10. The van der Waals surface area contributed by atoms with Crippen molar-refractivity contribution in [3.8, 4) is 17.2 Å². The Morgan fingerprint density at radius 3 is 2.48 bits per heavy atom. The van der Waals surface area contributed by atoms with Crippen LogP contribution < -0.4 is 10.4 Å². The average molecular weight is 378 g/mol. The first kappa shape index (κ1) is 17.0. The number of carbonyl (C=O) groups is 1. The second-order valence-corrected chi connectivity index (χ2v) is 6.10. The number of halogens is 1. The van der Waals surface area contributed by atoms with Gasteiger partial charge in [0.25, 0.3) is 0 Å². The predicted molar refractivity (Wildman–Crippen MR) is 102 cm³/mol. The fourth-order valence-electron chi connectivity index (χ4n) is 2.65. The van der Waals surface area contributed by atoms with Gasteiger partial charge >= 0.3 is 11.6 Å². The van der Waals surface area contributed by atoms with Crippen LogP contribution in [0.5, 0.6) is 5.75 Å². The highest BCUT2D eigenvalue weighted by Gasteiger charge is 2.17. The zero-order valence-electron chi connectivity index (χ0n) is 13.9. The molecular formula is C21H12ClNO4. The lowest BCUT2D eigenvalue weighted by atomic mass is 10.2. The summed E-state index contributed by atoms with van der Waals surface area (Å²) in [5.74, 6) is -0.328. The third kappa shape index (κ3) is 3.32. The predicted octanol–water partition coefficient (Wildman–Crippen LogP) is 4.73. The summed E-state index contributed by atoms with van der Waals surface area (Å²) in [5, 5.41) is 0.669. The highest BCUT2D eigenvalue weighted by atomic mass is 35.5. The van der Waals surface area contributed by atoms with E-state index in [4.69, 9.17) is 20.8 Å². The number of hydrogen-bond acceptors (Lipinski definition) is 5. The van der Waals surface area contributed by atoms with Crippen LogP contribution in [-0.4, -0.2) is 11.0 Å². The molecule has 0 aliphatic heterocycles. The molecule has 0 saturated carbocycles. The fraction of sp³-hybridized carbons (Fsp3) is 0. The van der Waals surface area contributed by atoms with Crippen LogP contribution in [0.1, 0.15) is 10.4 Å². The minimum atomic E-state index is -0.615. The summed E-state index contributed by atoms with van der Waals surface area (Å²) >= 11 is 6.06. The smallest absolute Gasteiger partial charge is 0.347 e. The summed E-state index contributed by atoms with van der Waals surface area (Å²) in [7, 11) is 0. The molecule has 1 heterocycles. The van der Waals surface area contributed by atoms with Crippen LogP contribution in [0.2, 0.25) is 5.02 Å². The maximum Gasteiger partial charge on any atom is 0.347 e. The van der Waals surface area contributed by atoms with Crippen molar-refractivity contribution in [1.29, 1.82) is 0 Å². The van der Waals surface area contributed by atoms with E-state index >= 15 is 0 Å². The maximum absolute atomic E-state index is 12.5. The van der Waals surface area contributed by atoms with Crippen LogP contribution in [0.25, 0.3) is 22.4 Å². The second-order valence-electron chi connectivity index (χ2n) is 5.69. The van der Waals surface area contributed by atoms with Crippen LogP contribution in [0.3, 0.4) is 0 Å². The molecule has 0 radical (unpaired) electrons. The Labute approximate surface area is 158 Å². The lowest BCUT2D eigenvalue weighted by Gasteiger charge is -2.10. The van der Waals surface area contributed by atoms with Crippen molar-refractivity contribution in [1.82, 2.24) is 4.98 Å². The lowest BCUT2D eigenvalue weighted by molar-refractivity contribution is 0.0735. The standard InChI is InChI=1S/C21H12ClNO4/c22-16-10-4-1-7-13(16)20(24)26-18-12-6-3-9-15(18)19-23-17-11-5-2-8-14(17)21(25)27-19/h1-12H. The highest BCUT2D eigenvalue weighted by Crippen LogP contribution is 2.30. The third-order valence-electron chi connectivity index (χ3n) is 3.95. The summed E-state index contributed by atoms with van der Waals surface area (Å²) < 4.78 is 10.8. The van der Waals surface area contributed by atoms with Crippen LogP contribution in [0.4, 0.5) is 0 Å². The molecule has 0 unspecified atom stereocenters. The molecule has 0 fully saturated rings. The van der Waals surface area contributed by atoms with Gasteiger partial charge in [0.2, 0.25) is 5.89 Å². The van der Waals surface area contributed by atoms with Gasteiger partial charge in [-0.25, -0.2) is 14.6 Å². The van der Waals surface area contributed by atoms with Crippen molar-refractivity contribution in [3.05, 3.63) is 93.8 Å². The summed E-state index contributed by atoms with van der Waals surface area (Å²) in [5.41, 5.74) is 0.612. The van der Waals surface area contributed by atoms with Crippen LogP contribution in [0, 0.1) is 0 Å². The maximum atomic E-state index is 12.5. The molecule has 1 aromatic heterocycles. The van der Waals surface area contributed by atoms with Crippen molar-refractivity contribution in [2.45, 2.75) is 0 Å². The van der Waals surface area contributed by atoms with Crippen molar-refractivity contribution in [2.75, 3.05) is 0 Å². The number of ether oxygens (including phenoxy) is 1. The van der Waals surface area contributed by atoms with E-state index < -0.39 is 11.6 Å². The summed E-state index contributed by atoms with van der Waals surface area (Å²) in [4.78, 5) is 29.1. The molecular weight excluding hydrogens is 366 g/mol. The molecule has 27 heavy (non-hydrogen) atoms. The molecule has 0 atom stereocenters. The van der Waals surface area contributed by atoms with Gasteiger partial charge in [-0.3, -0.25) is 0 Å². The molecule has 0 amide bonds. The quantitative estimate of drug-likeness (QED) is 0.381. The molecule has 6 heteroatoms. The molecule has 0 saturated heterocycles. The number of esters is 1. The molecule has 0 spiro atoms. The number of nitrogens with zero attached hydrogens (tertiary/aromatic N) is 1. The largest absolute Gasteiger partial charge is 0.422 e. The molecule has 0 N–H and O–H groups in total. The van der Waals surface area contributed by atoms with Gasteiger partial charge in [-0.05, 0) is 36.4 Å². The Kier molecular flexibility index (Phi) is 4.44. The minimum Gasteiger partial charge on any atom is -0.422 e. The van der Waals surface area contributed by atoms with Gasteiger partial charge in [0.15, 0.2) is 0 Å². The van der Waals surface area contributed by atoms with Gasteiger partial charge in [-0.15, -0.1) is 0 Å². The first-order valence-corrected chi connectivity index (χ1v) is 8.47. The van der Waals surface area contributed by atoms with Crippen LogP contribution in [-0.2, 0) is 0 Å². The van der Waals surface area contributed by atoms with Crippen LogP contribution in [0.15, 0.2) is 82.0 Å². The number of para-hydroxylation sites is 2. The first-order chi connectivity index (χ1) is 13.1. The first-order valence-electron chi connectivity index (χ1n) is 8.09. The molecule has 5 nitrogen and oxygen atoms in total. The number of hydrogen-bond donors (Lipinski definition) is 0. The van der Waals surface area contributed by atoms with E-state index in [9.17, 15) is 9.59 Å². The van der Waals surface area contributed by atoms with Gasteiger partial charge in [0.05, 0.1) is 27.1 Å². The van der Waals surface area contributed by atoms with E-state index in [0.717, 1.165) is 0 Å². The molecule has 4 aromatic rings. The number of benzene rings is 3. The fourth-order valence-corrected chi connectivity index (χ4v) is 2.86. The number of fused-ring (bicyclic) bond motifs is 1. The Morgan fingerprint density at radius 1 is 0.926 bits per heavy atom. The van der Waals surface area contributed by atoms with Crippen molar-refractivity contribution in [3.63, 3.8) is 0 Å². The zero-order valence-corrected chi connectivity index (χ0v) is 14.6. The SMILES string of the molecule is O=C(Oc1ccccc1-c1nc2ccccc2c(=O)o1)c1ccccc1Cl. The minimum absolute atomic E-state index is 0.0706. The summed E-state index contributed by atoms with van der Waals surface area (Å²) in [6.45, 7) is 0. The Balaban J connectivity index is 1.77. The van der Waals surface area contributed by atoms with E-state index in [2.05, 4.69) is 4.98 Å². The molecule has 0 aliphatic carbocycles. The van der Waals surface area contributed by atoms with Crippen molar-refractivity contribution in [2.24, 2.45) is 0 Å². The number of aromatic nitrogens is 1. The van der Waals surface area contributed by atoms with Crippen molar-refractivity contribution >= 4 is 28.5 Å². The van der Waals surface area contributed by atoms with E-state index in [-0.39, 0.29) is 22.2 Å². The second kappa shape index (κ2) is 7.05. The summed E-state index contributed by atoms with van der Waals surface area (Å²) in [6, 6.07) is 20.2. The zero-order chi connectivity index (χ0) is 18.8. The Hall–Kier alpha value is -3.44. The summed E-state index contributed by atoms with van der Waals surface area (Å²) in [6.07, 6.45) is 0. The Morgan fingerprint density at radius 2 is 1.63 bits per heavy atom. The topological polar surface area (TPSA) is 69.4 Å². The molecule has 0 aliphatic rings. The number of rotatable bonds is 3. The van der Waals surface area contributed by atoms with Gasteiger partial charge in [0.1, 0.15) is 5.75 Å². The molecule has 4 rings (SSSR count).